The molecule has 1 aliphatic heterocycles. The van der Waals surface area contributed by atoms with Crippen LogP contribution in [0.3, 0.4) is 0 Å². The maximum atomic E-state index is 5.68. The second kappa shape index (κ2) is 4.97. The predicted octanol–water partition coefficient (Wildman–Crippen LogP) is 1.95. The fourth-order valence-electron chi connectivity index (χ4n) is 3.11. The molecule has 1 aromatic heterocycles. The zero-order valence-corrected chi connectivity index (χ0v) is 10.9. The zero-order chi connectivity index (χ0) is 12.4. The number of nitrogens with zero attached hydrogens (tertiary/aromatic N) is 2. The van der Waals surface area contributed by atoms with Crippen molar-refractivity contribution in [3.05, 3.63) is 11.7 Å². The molecule has 1 aliphatic carbocycles. The highest BCUT2D eigenvalue weighted by Gasteiger charge is 2.40. The lowest BCUT2D eigenvalue weighted by Crippen LogP contribution is -2.29. The van der Waals surface area contributed by atoms with Crippen molar-refractivity contribution in [1.29, 1.82) is 0 Å². The minimum Gasteiger partial charge on any atom is -0.370 e. The Balaban J connectivity index is 1.79. The van der Waals surface area contributed by atoms with Gasteiger partial charge in [-0.15, -0.1) is 0 Å². The first-order valence-electron chi connectivity index (χ1n) is 6.94. The highest BCUT2D eigenvalue weighted by atomic mass is 16.5. The van der Waals surface area contributed by atoms with Gasteiger partial charge < -0.3 is 14.6 Å². The Labute approximate surface area is 107 Å². The van der Waals surface area contributed by atoms with Gasteiger partial charge in [0.2, 0.25) is 11.7 Å². The van der Waals surface area contributed by atoms with Gasteiger partial charge in [-0.05, 0) is 45.1 Å². The molecule has 1 atom stereocenters. The summed E-state index contributed by atoms with van der Waals surface area (Å²) in [5, 5.41) is 7.55. The lowest BCUT2D eigenvalue weighted by atomic mass is 9.99. The van der Waals surface area contributed by atoms with Crippen LogP contribution in [-0.4, -0.2) is 30.3 Å². The molecule has 2 aliphatic rings. The standard InChI is InChI=1S/C13H21N3O2/c1-17-13(6-2-3-7-13)12-15-11(18-16-12)10-5-4-8-14-9-10/h10,14H,2-9H2,1H3/t10-/m1/s1. The van der Waals surface area contributed by atoms with Gasteiger partial charge in [-0.3, -0.25) is 0 Å². The van der Waals surface area contributed by atoms with Gasteiger partial charge in [0.1, 0.15) is 5.60 Å². The second-order valence-corrected chi connectivity index (χ2v) is 5.41. The van der Waals surface area contributed by atoms with E-state index in [9.17, 15) is 0 Å². The van der Waals surface area contributed by atoms with Gasteiger partial charge >= 0.3 is 0 Å². The molecule has 2 heterocycles. The van der Waals surface area contributed by atoms with E-state index in [1.807, 2.05) is 0 Å². The number of ether oxygens (including phenoxy) is 1. The molecule has 0 bridgehead atoms. The predicted molar refractivity (Wildman–Crippen MR) is 66.3 cm³/mol. The van der Waals surface area contributed by atoms with Crippen LogP contribution in [0.2, 0.25) is 0 Å². The normalized spacial score (nSPS) is 27.5. The number of hydrogen-bond donors (Lipinski definition) is 1. The minimum absolute atomic E-state index is 0.288. The maximum Gasteiger partial charge on any atom is 0.231 e. The van der Waals surface area contributed by atoms with Crippen LogP contribution in [0.5, 0.6) is 0 Å². The zero-order valence-electron chi connectivity index (χ0n) is 10.9. The summed E-state index contributed by atoms with van der Waals surface area (Å²) in [6, 6.07) is 0. The molecule has 18 heavy (non-hydrogen) atoms. The largest absolute Gasteiger partial charge is 0.370 e. The van der Waals surface area contributed by atoms with Crippen LogP contribution in [-0.2, 0) is 10.3 Å². The second-order valence-electron chi connectivity index (χ2n) is 5.41. The van der Waals surface area contributed by atoms with Crippen molar-refractivity contribution in [2.24, 2.45) is 0 Å². The monoisotopic (exact) mass is 251 g/mol. The van der Waals surface area contributed by atoms with E-state index in [4.69, 9.17) is 9.26 Å². The first-order chi connectivity index (χ1) is 8.84. The highest BCUT2D eigenvalue weighted by Crippen LogP contribution is 2.40. The Kier molecular flexibility index (Phi) is 3.35. The highest BCUT2D eigenvalue weighted by molar-refractivity contribution is 5.06. The molecule has 2 fully saturated rings. The Morgan fingerprint density at radius 2 is 2.17 bits per heavy atom. The number of rotatable bonds is 3. The number of methoxy groups -OCH3 is 1. The smallest absolute Gasteiger partial charge is 0.231 e. The van der Waals surface area contributed by atoms with Crippen molar-refractivity contribution in [3.8, 4) is 0 Å². The van der Waals surface area contributed by atoms with Gasteiger partial charge in [0.05, 0.1) is 5.92 Å². The van der Waals surface area contributed by atoms with Crippen molar-refractivity contribution in [2.45, 2.75) is 50.0 Å². The quantitative estimate of drug-likeness (QED) is 0.889. The first kappa shape index (κ1) is 12.1. The van der Waals surface area contributed by atoms with Gasteiger partial charge in [0.25, 0.3) is 0 Å². The minimum atomic E-state index is -0.288. The summed E-state index contributed by atoms with van der Waals surface area (Å²) < 4.78 is 11.1. The molecule has 1 N–H and O–H groups in total. The third-order valence-electron chi connectivity index (χ3n) is 4.30. The van der Waals surface area contributed by atoms with E-state index in [-0.39, 0.29) is 5.60 Å². The number of piperidine rings is 1. The van der Waals surface area contributed by atoms with Gasteiger partial charge in [-0.25, -0.2) is 0 Å². The lowest BCUT2D eigenvalue weighted by molar-refractivity contribution is -0.0178. The molecule has 3 rings (SSSR count). The summed E-state index contributed by atoms with van der Waals surface area (Å²) in [5.74, 6) is 1.90. The summed E-state index contributed by atoms with van der Waals surface area (Å²) in [5.41, 5.74) is -0.288. The van der Waals surface area contributed by atoms with E-state index in [1.54, 1.807) is 7.11 Å². The van der Waals surface area contributed by atoms with Crippen molar-refractivity contribution in [2.75, 3.05) is 20.2 Å². The fourth-order valence-corrected chi connectivity index (χ4v) is 3.11. The first-order valence-corrected chi connectivity index (χ1v) is 6.94. The molecule has 5 nitrogen and oxygen atoms in total. The van der Waals surface area contributed by atoms with Gasteiger partial charge in [-0.1, -0.05) is 5.16 Å². The van der Waals surface area contributed by atoms with Crippen molar-refractivity contribution < 1.29 is 9.26 Å². The Bertz CT molecular complexity index is 393. The Hall–Kier alpha value is -0.940. The fraction of sp³-hybridized carbons (Fsp3) is 0.846. The Morgan fingerprint density at radius 3 is 2.83 bits per heavy atom. The molecule has 0 aromatic carbocycles. The van der Waals surface area contributed by atoms with Gasteiger partial charge in [0.15, 0.2) is 0 Å². The summed E-state index contributed by atoms with van der Waals surface area (Å²) in [6.07, 6.45) is 6.69. The van der Waals surface area contributed by atoms with Crippen LogP contribution in [0.4, 0.5) is 0 Å². The van der Waals surface area contributed by atoms with Crippen molar-refractivity contribution in [3.63, 3.8) is 0 Å². The van der Waals surface area contributed by atoms with Crippen LogP contribution >= 0.6 is 0 Å². The van der Waals surface area contributed by atoms with Crippen molar-refractivity contribution in [1.82, 2.24) is 15.5 Å². The molecule has 5 heteroatoms. The van der Waals surface area contributed by atoms with Crippen LogP contribution in [0.15, 0.2) is 4.52 Å². The average molecular weight is 251 g/mol. The van der Waals surface area contributed by atoms with E-state index >= 15 is 0 Å². The van der Waals surface area contributed by atoms with Crippen LogP contribution in [0.25, 0.3) is 0 Å². The Morgan fingerprint density at radius 1 is 1.33 bits per heavy atom. The van der Waals surface area contributed by atoms with Gasteiger partial charge in [-0.2, -0.15) is 4.98 Å². The van der Waals surface area contributed by atoms with E-state index < -0.39 is 0 Å². The van der Waals surface area contributed by atoms with E-state index in [0.29, 0.717) is 5.92 Å². The molecular formula is C13H21N3O2. The molecule has 1 saturated carbocycles. The summed E-state index contributed by atoms with van der Waals surface area (Å²) in [4.78, 5) is 4.62. The van der Waals surface area contributed by atoms with Crippen molar-refractivity contribution >= 4 is 0 Å². The van der Waals surface area contributed by atoms with E-state index in [2.05, 4.69) is 15.5 Å². The molecule has 0 spiro atoms. The van der Waals surface area contributed by atoms with Crippen LogP contribution in [0, 0.1) is 0 Å². The number of hydrogen-bond acceptors (Lipinski definition) is 5. The van der Waals surface area contributed by atoms with Gasteiger partial charge in [0, 0.05) is 13.7 Å². The summed E-state index contributed by atoms with van der Waals surface area (Å²) in [6.45, 7) is 2.04. The third-order valence-corrected chi connectivity index (χ3v) is 4.30. The SMILES string of the molecule is COC1(c2noc([C@@H]3CCCNC3)n2)CCCC1. The van der Waals surface area contributed by atoms with Crippen LogP contribution < -0.4 is 5.32 Å². The van der Waals surface area contributed by atoms with E-state index in [0.717, 1.165) is 44.1 Å². The molecule has 0 unspecified atom stereocenters. The summed E-state index contributed by atoms with van der Waals surface area (Å²) in [7, 11) is 1.75. The third kappa shape index (κ3) is 2.06. The number of nitrogens with one attached hydrogen (secondary N) is 1. The van der Waals surface area contributed by atoms with Crippen LogP contribution in [0.1, 0.15) is 56.2 Å². The number of aromatic nitrogens is 2. The molecule has 100 valence electrons. The van der Waals surface area contributed by atoms with E-state index in [1.165, 1.54) is 19.3 Å². The molecule has 0 radical (unpaired) electrons. The molecule has 1 aromatic rings. The lowest BCUT2D eigenvalue weighted by Gasteiger charge is -2.23. The topological polar surface area (TPSA) is 60.2 Å². The molecule has 1 saturated heterocycles. The maximum absolute atomic E-state index is 5.68. The molecular weight excluding hydrogens is 230 g/mol. The molecule has 0 amide bonds. The summed E-state index contributed by atoms with van der Waals surface area (Å²) >= 11 is 0. The average Bonchev–Trinajstić information content (AvgIpc) is 3.09.